The Bertz CT molecular complexity index is 119. The van der Waals surface area contributed by atoms with E-state index in [0.717, 1.165) is 18.5 Å². The molecule has 1 fully saturated rings. The zero-order valence-corrected chi connectivity index (χ0v) is 9.10. The number of nitrogens with one attached hydrogen (secondary N) is 2. The first kappa shape index (κ1) is 11.0. The molecule has 1 rings (SSSR count). The summed E-state index contributed by atoms with van der Waals surface area (Å²) in [5, 5.41) is 6.88. The first-order valence-corrected chi connectivity index (χ1v) is 5.71. The van der Waals surface area contributed by atoms with Crippen molar-refractivity contribution >= 4 is 0 Å². The normalized spacial score (nSPS) is 21.7. The average Bonchev–Trinajstić information content (AvgIpc) is 2.17. The molecule has 1 unspecified atom stereocenters. The van der Waals surface area contributed by atoms with E-state index in [1.807, 2.05) is 7.05 Å². The molecule has 1 saturated carbocycles. The maximum atomic E-state index is 3.67. The fourth-order valence-corrected chi connectivity index (χ4v) is 2.10. The van der Waals surface area contributed by atoms with Crippen LogP contribution in [0.4, 0.5) is 0 Å². The summed E-state index contributed by atoms with van der Waals surface area (Å²) >= 11 is 0. The number of rotatable bonds is 5. The van der Waals surface area contributed by atoms with Crippen LogP contribution < -0.4 is 10.6 Å². The average molecular weight is 184 g/mol. The molecule has 1 aliphatic carbocycles. The Morgan fingerprint density at radius 2 is 1.85 bits per heavy atom. The minimum Gasteiger partial charge on any atom is -0.319 e. The first-order chi connectivity index (χ1) is 6.33. The molecule has 2 nitrogen and oxygen atoms in total. The van der Waals surface area contributed by atoms with Crippen LogP contribution in [0.2, 0.25) is 0 Å². The van der Waals surface area contributed by atoms with Gasteiger partial charge in [-0.25, -0.2) is 0 Å². The van der Waals surface area contributed by atoms with E-state index < -0.39 is 0 Å². The number of hydrogen-bond acceptors (Lipinski definition) is 2. The second kappa shape index (κ2) is 6.39. The van der Waals surface area contributed by atoms with Crippen LogP contribution in [0.3, 0.4) is 0 Å². The molecule has 0 aliphatic heterocycles. The van der Waals surface area contributed by atoms with Gasteiger partial charge in [-0.3, -0.25) is 0 Å². The zero-order chi connectivity index (χ0) is 9.52. The summed E-state index contributed by atoms with van der Waals surface area (Å²) in [6.07, 6.45) is 7.10. The zero-order valence-electron chi connectivity index (χ0n) is 9.10. The summed E-state index contributed by atoms with van der Waals surface area (Å²) in [5.74, 6) is 0.756. The summed E-state index contributed by atoms with van der Waals surface area (Å²) in [5.41, 5.74) is 0. The van der Waals surface area contributed by atoms with E-state index in [0.29, 0.717) is 0 Å². The molecular weight excluding hydrogens is 160 g/mol. The van der Waals surface area contributed by atoms with Crippen LogP contribution in [0.5, 0.6) is 0 Å². The largest absolute Gasteiger partial charge is 0.319 e. The Balaban J connectivity index is 2.03. The maximum absolute atomic E-state index is 3.67. The third-order valence-electron chi connectivity index (χ3n) is 2.91. The van der Waals surface area contributed by atoms with Crippen molar-refractivity contribution in [3.8, 4) is 0 Å². The molecule has 0 heterocycles. The van der Waals surface area contributed by atoms with Gasteiger partial charge in [-0.2, -0.15) is 0 Å². The summed E-state index contributed by atoms with van der Waals surface area (Å²) in [7, 11) is 2.02. The van der Waals surface area contributed by atoms with Gasteiger partial charge in [0.25, 0.3) is 0 Å². The Hall–Kier alpha value is -0.0800. The number of hydrogen-bond donors (Lipinski definition) is 2. The Morgan fingerprint density at radius 3 is 2.46 bits per heavy atom. The molecule has 0 amide bonds. The minimum atomic E-state index is 0.756. The third kappa shape index (κ3) is 4.63. The van der Waals surface area contributed by atoms with Crippen LogP contribution in [0.25, 0.3) is 0 Å². The van der Waals surface area contributed by atoms with E-state index in [9.17, 15) is 0 Å². The molecule has 0 aromatic heterocycles. The predicted octanol–water partition coefficient (Wildman–Crippen LogP) is 1.76. The van der Waals surface area contributed by atoms with Gasteiger partial charge in [0.05, 0.1) is 0 Å². The lowest BCUT2D eigenvalue weighted by Gasteiger charge is -2.24. The van der Waals surface area contributed by atoms with Crippen LogP contribution in [-0.4, -0.2) is 26.2 Å². The summed E-state index contributed by atoms with van der Waals surface area (Å²) < 4.78 is 0. The van der Waals surface area contributed by atoms with Gasteiger partial charge in [0.15, 0.2) is 0 Å². The monoisotopic (exact) mass is 184 g/mol. The van der Waals surface area contributed by atoms with Crippen molar-refractivity contribution in [2.45, 2.75) is 45.1 Å². The molecule has 1 atom stereocenters. The SMILES string of the molecule is CNCC(C)CNC1CCCCC1. The fraction of sp³-hybridized carbons (Fsp3) is 1.00. The van der Waals surface area contributed by atoms with Gasteiger partial charge in [0.2, 0.25) is 0 Å². The van der Waals surface area contributed by atoms with E-state index in [-0.39, 0.29) is 0 Å². The van der Waals surface area contributed by atoms with Gasteiger partial charge in [0.1, 0.15) is 0 Å². The van der Waals surface area contributed by atoms with Crippen LogP contribution in [0.1, 0.15) is 39.0 Å². The smallest absolute Gasteiger partial charge is 0.00671 e. The molecule has 0 saturated heterocycles. The molecule has 2 N–H and O–H groups in total. The van der Waals surface area contributed by atoms with Gasteiger partial charge in [-0.05, 0) is 38.9 Å². The van der Waals surface area contributed by atoms with E-state index in [1.54, 1.807) is 0 Å². The van der Waals surface area contributed by atoms with Crippen molar-refractivity contribution in [2.24, 2.45) is 5.92 Å². The fourth-order valence-electron chi connectivity index (χ4n) is 2.10. The van der Waals surface area contributed by atoms with Gasteiger partial charge in [-0.15, -0.1) is 0 Å². The quantitative estimate of drug-likeness (QED) is 0.680. The van der Waals surface area contributed by atoms with Crippen molar-refractivity contribution in [2.75, 3.05) is 20.1 Å². The second-order valence-electron chi connectivity index (χ2n) is 4.41. The molecule has 13 heavy (non-hydrogen) atoms. The Kier molecular flexibility index (Phi) is 5.40. The highest BCUT2D eigenvalue weighted by Crippen LogP contribution is 2.17. The lowest BCUT2D eigenvalue weighted by atomic mass is 9.95. The molecule has 78 valence electrons. The second-order valence-corrected chi connectivity index (χ2v) is 4.41. The van der Waals surface area contributed by atoms with Gasteiger partial charge < -0.3 is 10.6 Å². The third-order valence-corrected chi connectivity index (χ3v) is 2.91. The van der Waals surface area contributed by atoms with Crippen LogP contribution >= 0.6 is 0 Å². The van der Waals surface area contributed by atoms with E-state index in [4.69, 9.17) is 0 Å². The van der Waals surface area contributed by atoms with Crippen molar-refractivity contribution in [1.29, 1.82) is 0 Å². The molecule has 0 bridgehead atoms. The highest BCUT2D eigenvalue weighted by atomic mass is 14.9. The molecule has 0 spiro atoms. The molecule has 0 aromatic carbocycles. The molecular formula is C11H24N2. The lowest BCUT2D eigenvalue weighted by Crippen LogP contribution is -2.36. The Labute approximate surface area is 82.5 Å². The minimum absolute atomic E-state index is 0.756. The van der Waals surface area contributed by atoms with Crippen LogP contribution in [0, 0.1) is 5.92 Å². The van der Waals surface area contributed by atoms with Crippen molar-refractivity contribution < 1.29 is 0 Å². The van der Waals surface area contributed by atoms with Crippen molar-refractivity contribution in [3.63, 3.8) is 0 Å². The van der Waals surface area contributed by atoms with E-state index in [1.165, 1.54) is 38.6 Å². The molecule has 1 aliphatic rings. The topological polar surface area (TPSA) is 24.1 Å². The van der Waals surface area contributed by atoms with E-state index in [2.05, 4.69) is 17.6 Å². The summed E-state index contributed by atoms with van der Waals surface area (Å²) in [4.78, 5) is 0. The highest BCUT2D eigenvalue weighted by molar-refractivity contribution is 4.73. The van der Waals surface area contributed by atoms with Crippen LogP contribution in [-0.2, 0) is 0 Å². The first-order valence-electron chi connectivity index (χ1n) is 5.71. The maximum Gasteiger partial charge on any atom is 0.00671 e. The Morgan fingerprint density at radius 1 is 1.15 bits per heavy atom. The molecule has 2 heteroatoms. The van der Waals surface area contributed by atoms with Gasteiger partial charge in [-0.1, -0.05) is 26.2 Å². The van der Waals surface area contributed by atoms with E-state index >= 15 is 0 Å². The molecule has 0 radical (unpaired) electrons. The molecule has 0 aromatic rings. The van der Waals surface area contributed by atoms with Gasteiger partial charge >= 0.3 is 0 Å². The van der Waals surface area contributed by atoms with Crippen molar-refractivity contribution in [3.05, 3.63) is 0 Å². The summed E-state index contributed by atoms with van der Waals surface area (Å²) in [6, 6.07) is 0.813. The van der Waals surface area contributed by atoms with Crippen molar-refractivity contribution in [1.82, 2.24) is 10.6 Å². The van der Waals surface area contributed by atoms with Crippen LogP contribution in [0.15, 0.2) is 0 Å². The highest BCUT2D eigenvalue weighted by Gasteiger charge is 2.12. The lowest BCUT2D eigenvalue weighted by molar-refractivity contribution is 0.350. The predicted molar refractivity (Wildman–Crippen MR) is 58.0 cm³/mol. The van der Waals surface area contributed by atoms with Gasteiger partial charge in [0, 0.05) is 6.04 Å². The summed E-state index contributed by atoms with van der Waals surface area (Å²) in [6.45, 7) is 4.59. The standard InChI is InChI=1S/C11H24N2/c1-10(8-12-2)9-13-11-6-4-3-5-7-11/h10-13H,3-9H2,1-2H3.